The minimum atomic E-state index is 0.162. The molecular weight excluding hydrogens is 392 g/mol. The Labute approximate surface area is 184 Å². The summed E-state index contributed by atoms with van der Waals surface area (Å²) >= 11 is 0. The summed E-state index contributed by atoms with van der Waals surface area (Å²) in [5, 5.41) is 0. The predicted molar refractivity (Wildman–Crippen MR) is 119 cm³/mol. The van der Waals surface area contributed by atoms with Crippen LogP contribution in [0, 0.1) is 0 Å². The average Bonchev–Trinajstić information content (AvgIpc) is 2.78. The first-order valence-corrected chi connectivity index (χ1v) is 11.0. The minimum absolute atomic E-state index is 0.162. The molecule has 0 spiro atoms. The lowest BCUT2D eigenvalue weighted by Gasteiger charge is -2.49. The van der Waals surface area contributed by atoms with Gasteiger partial charge in [0.15, 0.2) is 11.5 Å². The summed E-state index contributed by atoms with van der Waals surface area (Å²) in [6.45, 7) is 4.15. The predicted octanol–water partition coefficient (Wildman–Crippen LogP) is 3.14. The summed E-state index contributed by atoms with van der Waals surface area (Å²) in [6, 6.07) is 17.2. The Morgan fingerprint density at radius 2 is 1.68 bits per heavy atom. The summed E-state index contributed by atoms with van der Waals surface area (Å²) in [6.07, 6.45) is 2.49. The van der Waals surface area contributed by atoms with Crippen LogP contribution >= 0.6 is 0 Å². The summed E-state index contributed by atoms with van der Waals surface area (Å²) in [5.74, 6) is 1.49. The van der Waals surface area contributed by atoms with E-state index >= 15 is 0 Å². The van der Waals surface area contributed by atoms with E-state index in [1.165, 1.54) is 5.56 Å². The highest BCUT2D eigenvalue weighted by Gasteiger charge is 2.38. The van der Waals surface area contributed by atoms with Crippen LogP contribution in [0.2, 0.25) is 0 Å². The molecule has 4 rings (SSSR count). The van der Waals surface area contributed by atoms with Crippen LogP contribution in [0.1, 0.15) is 24.0 Å². The van der Waals surface area contributed by atoms with Crippen molar-refractivity contribution in [2.24, 2.45) is 0 Å². The fraction of sp³-hybridized carbons (Fsp3) is 0.480. The number of carbonyl (C=O) groups excluding carboxylic acids is 1. The van der Waals surface area contributed by atoms with Crippen LogP contribution in [0.15, 0.2) is 48.5 Å². The van der Waals surface area contributed by atoms with Gasteiger partial charge >= 0.3 is 0 Å². The van der Waals surface area contributed by atoms with Crippen LogP contribution in [0.4, 0.5) is 0 Å². The molecule has 0 bridgehead atoms. The van der Waals surface area contributed by atoms with Gasteiger partial charge in [0.05, 0.1) is 20.6 Å². The Balaban J connectivity index is 1.37. The first-order valence-electron chi connectivity index (χ1n) is 11.0. The molecule has 2 aromatic rings. The molecule has 2 saturated heterocycles. The summed E-state index contributed by atoms with van der Waals surface area (Å²) in [4.78, 5) is 17.4. The van der Waals surface area contributed by atoms with E-state index in [0.717, 1.165) is 51.3 Å². The minimum Gasteiger partial charge on any atom is -0.493 e. The van der Waals surface area contributed by atoms with Gasteiger partial charge in [-0.15, -0.1) is 0 Å². The van der Waals surface area contributed by atoms with E-state index in [0.29, 0.717) is 30.0 Å². The lowest BCUT2D eigenvalue weighted by atomic mass is 9.98. The van der Waals surface area contributed by atoms with Crippen LogP contribution in [0.3, 0.4) is 0 Å². The number of carbonyl (C=O) groups is 1. The van der Waals surface area contributed by atoms with Gasteiger partial charge in [-0.05, 0) is 36.1 Å². The van der Waals surface area contributed by atoms with E-state index in [1.807, 2.05) is 23.1 Å². The van der Waals surface area contributed by atoms with Crippen molar-refractivity contribution in [3.63, 3.8) is 0 Å². The van der Waals surface area contributed by atoms with E-state index in [9.17, 15) is 4.79 Å². The Kier molecular flexibility index (Phi) is 7.10. The maximum atomic E-state index is 12.9. The second-order valence-electron chi connectivity index (χ2n) is 8.32. The number of hydrogen-bond donors (Lipinski definition) is 0. The van der Waals surface area contributed by atoms with Crippen molar-refractivity contribution in [1.82, 2.24) is 9.80 Å². The topological polar surface area (TPSA) is 51.2 Å². The normalized spacial score (nSPS) is 17.5. The maximum Gasteiger partial charge on any atom is 0.227 e. The molecule has 2 fully saturated rings. The summed E-state index contributed by atoms with van der Waals surface area (Å²) in [5.41, 5.74) is 2.26. The number of ether oxygens (including phenoxy) is 3. The van der Waals surface area contributed by atoms with Crippen molar-refractivity contribution >= 4 is 5.91 Å². The van der Waals surface area contributed by atoms with Gasteiger partial charge < -0.3 is 19.1 Å². The quantitative estimate of drug-likeness (QED) is 0.652. The molecule has 1 amide bonds. The molecule has 0 radical (unpaired) electrons. The lowest BCUT2D eigenvalue weighted by Crippen LogP contribution is -2.63. The number of amides is 1. The zero-order chi connectivity index (χ0) is 21.6. The number of benzene rings is 2. The second kappa shape index (κ2) is 10.2. The van der Waals surface area contributed by atoms with Crippen LogP contribution in [-0.2, 0) is 22.5 Å². The molecule has 6 nitrogen and oxygen atoms in total. The molecule has 2 aliphatic heterocycles. The van der Waals surface area contributed by atoms with Gasteiger partial charge in [-0.2, -0.15) is 0 Å². The summed E-state index contributed by atoms with van der Waals surface area (Å²) in [7, 11) is 3.23. The second-order valence-corrected chi connectivity index (χ2v) is 8.32. The Bertz CT molecular complexity index is 861. The monoisotopic (exact) mass is 424 g/mol. The van der Waals surface area contributed by atoms with Crippen LogP contribution in [0.5, 0.6) is 11.5 Å². The number of likely N-dealkylation sites (tertiary alicyclic amines) is 1. The molecular formula is C25H32N2O4. The molecule has 6 heteroatoms. The molecule has 166 valence electrons. The number of rotatable bonds is 8. The largest absolute Gasteiger partial charge is 0.493 e. The molecule has 2 aromatic carbocycles. The highest BCUT2D eigenvalue weighted by atomic mass is 16.5. The van der Waals surface area contributed by atoms with Crippen LogP contribution < -0.4 is 9.47 Å². The standard InChI is InChI=1S/C25H32N2O4/c1-29-23-9-8-20(14-24(23)30-2)15-25(28)26-17-22(18-26)27(21-10-12-31-13-11-21)16-19-6-4-3-5-7-19/h3-9,14,21-22H,10-13,15-18H2,1-2H3. The van der Waals surface area contributed by atoms with Crippen molar-refractivity contribution in [3.05, 3.63) is 59.7 Å². The Hall–Kier alpha value is -2.57. The van der Waals surface area contributed by atoms with Gasteiger partial charge in [-0.25, -0.2) is 0 Å². The van der Waals surface area contributed by atoms with Crippen molar-refractivity contribution < 1.29 is 19.0 Å². The maximum absolute atomic E-state index is 12.9. The number of methoxy groups -OCH3 is 2. The van der Waals surface area contributed by atoms with E-state index in [2.05, 4.69) is 35.2 Å². The van der Waals surface area contributed by atoms with Crippen LogP contribution in [0.25, 0.3) is 0 Å². The van der Waals surface area contributed by atoms with Gasteiger partial charge in [-0.3, -0.25) is 9.69 Å². The third kappa shape index (κ3) is 5.20. The molecule has 2 aliphatic rings. The van der Waals surface area contributed by atoms with E-state index in [1.54, 1.807) is 14.2 Å². The smallest absolute Gasteiger partial charge is 0.227 e. The van der Waals surface area contributed by atoms with Crippen LogP contribution in [-0.4, -0.2) is 68.3 Å². The number of nitrogens with zero attached hydrogens (tertiary/aromatic N) is 2. The zero-order valence-corrected chi connectivity index (χ0v) is 18.5. The molecule has 0 aliphatic carbocycles. The SMILES string of the molecule is COc1ccc(CC(=O)N2CC(N(Cc3ccccc3)C3CCOCC3)C2)cc1OC. The fourth-order valence-electron chi connectivity index (χ4n) is 4.51. The van der Waals surface area contributed by atoms with Gasteiger partial charge in [0.1, 0.15) is 0 Å². The molecule has 0 unspecified atom stereocenters. The molecule has 0 N–H and O–H groups in total. The third-order valence-corrected chi connectivity index (χ3v) is 6.36. The molecule has 31 heavy (non-hydrogen) atoms. The van der Waals surface area contributed by atoms with E-state index in [-0.39, 0.29) is 5.91 Å². The molecule has 0 atom stereocenters. The van der Waals surface area contributed by atoms with Gasteiger partial charge in [0.2, 0.25) is 5.91 Å². The molecule has 0 aromatic heterocycles. The van der Waals surface area contributed by atoms with Crippen molar-refractivity contribution in [3.8, 4) is 11.5 Å². The van der Waals surface area contributed by atoms with Crippen molar-refractivity contribution in [2.45, 2.75) is 37.9 Å². The van der Waals surface area contributed by atoms with Crippen molar-refractivity contribution in [2.75, 3.05) is 40.5 Å². The zero-order valence-electron chi connectivity index (χ0n) is 18.5. The third-order valence-electron chi connectivity index (χ3n) is 6.36. The van der Waals surface area contributed by atoms with Crippen molar-refractivity contribution in [1.29, 1.82) is 0 Å². The van der Waals surface area contributed by atoms with E-state index in [4.69, 9.17) is 14.2 Å². The Morgan fingerprint density at radius 1 is 0.968 bits per heavy atom. The first kappa shape index (κ1) is 21.7. The van der Waals surface area contributed by atoms with Gasteiger partial charge in [-0.1, -0.05) is 36.4 Å². The summed E-state index contributed by atoms with van der Waals surface area (Å²) < 4.78 is 16.2. The molecule has 2 heterocycles. The fourth-order valence-corrected chi connectivity index (χ4v) is 4.51. The van der Waals surface area contributed by atoms with E-state index < -0.39 is 0 Å². The average molecular weight is 425 g/mol. The molecule has 0 saturated carbocycles. The lowest BCUT2D eigenvalue weighted by molar-refractivity contribution is -0.139. The Morgan fingerprint density at radius 3 is 2.35 bits per heavy atom. The first-order chi connectivity index (χ1) is 15.2. The van der Waals surface area contributed by atoms with Gasteiger partial charge in [0.25, 0.3) is 0 Å². The highest BCUT2D eigenvalue weighted by Crippen LogP contribution is 2.29. The van der Waals surface area contributed by atoms with Gasteiger partial charge in [0, 0.05) is 44.9 Å². The highest BCUT2D eigenvalue weighted by molar-refractivity contribution is 5.80. The number of hydrogen-bond acceptors (Lipinski definition) is 5.